The molecule has 0 radical (unpaired) electrons. The van der Waals surface area contributed by atoms with Crippen LogP contribution in [0.4, 0.5) is 5.69 Å². The number of anilines is 1. The largest absolute Gasteiger partial charge is 0.385 e. The first-order valence-electron chi connectivity index (χ1n) is 7.19. The van der Waals surface area contributed by atoms with Gasteiger partial charge in [0.05, 0.1) is 11.9 Å². The molecule has 0 fully saturated rings. The van der Waals surface area contributed by atoms with Crippen molar-refractivity contribution in [1.29, 1.82) is 0 Å². The maximum Gasteiger partial charge on any atom is 0.283 e. The van der Waals surface area contributed by atoms with Crippen LogP contribution in [0.5, 0.6) is 0 Å². The molecule has 1 aromatic heterocycles. The van der Waals surface area contributed by atoms with Crippen molar-refractivity contribution in [2.75, 3.05) is 25.6 Å². The minimum atomic E-state index is -0.0668. The lowest BCUT2D eigenvalue weighted by molar-refractivity contribution is 0.192. The number of rotatable bonds is 10. The Morgan fingerprint density at radius 3 is 2.85 bits per heavy atom. The molecular weight excluding hydrogens is 322 g/mol. The normalized spacial score (nSPS) is 10.8. The van der Waals surface area contributed by atoms with E-state index in [1.54, 1.807) is 13.3 Å². The lowest BCUT2D eigenvalue weighted by Crippen LogP contribution is -2.24. The van der Waals surface area contributed by atoms with Crippen LogP contribution in [0.25, 0.3) is 0 Å². The topological polar surface area (TPSA) is 56.1 Å². The molecule has 0 atom stereocenters. The average Bonchev–Trinajstić information content (AvgIpc) is 2.46. The van der Waals surface area contributed by atoms with E-state index in [0.717, 1.165) is 50.9 Å². The number of methoxy groups -OCH3 is 1. The molecule has 0 aliphatic rings. The smallest absolute Gasteiger partial charge is 0.283 e. The summed E-state index contributed by atoms with van der Waals surface area (Å²) in [5.41, 5.74) is 0.706. The van der Waals surface area contributed by atoms with E-state index in [0.29, 0.717) is 11.0 Å². The fraction of sp³-hybridized carbons (Fsp3) is 0.714. The molecule has 0 amide bonds. The first-order chi connectivity index (χ1) is 9.70. The van der Waals surface area contributed by atoms with Gasteiger partial charge in [-0.05, 0) is 41.6 Å². The molecule has 0 aliphatic heterocycles. The van der Waals surface area contributed by atoms with E-state index in [4.69, 9.17) is 4.74 Å². The summed E-state index contributed by atoms with van der Waals surface area (Å²) in [5.74, 6) is 0. The quantitative estimate of drug-likeness (QED) is 0.662. The van der Waals surface area contributed by atoms with Gasteiger partial charge in [0.2, 0.25) is 0 Å². The summed E-state index contributed by atoms with van der Waals surface area (Å²) in [6, 6.07) is 0. The molecule has 5 nitrogen and oxygen atoms in total. The molecule has 0 saturated carbocycles. The molecule has 0 aliphatic carbocycles. The maximum absolute atomic E-state index is 12.1. The lowest BCUT2D eigenvalue weighted by atomic mass is 10.2. The Labute approximate surface area is 128 Å². The van der Waals surface area contributed by atoms with Crippen molar-refractivity contribution in [2.24, 2.45) is 0 Å². The zero-order valence-electron chi connectivity index (χ0n) is 12.3. The summed E-state index contributed by atoms with van der Waals surface area (Å²) >= 11 is 3.36. The second kappa shape index (κ2) is 9.94. The fourth-order valence-electron chi connectivity index (χ4n) is 1.83. The monoisotopic (exact) mass is 345 g/mol. The molecule has 0 saturated heterocycles. The fourth-order valence-corrected chi connectivity index (χ4v) is 2.27. The molecule has 114 valence electrons. The van der Waals surface area contributed by atoms with Gasteiger partial charge in [0, 0.05) is 26.8 Å². The first kappa shape index (κ1) is 17.2. The van der Waals surface area contributed by atoms with Gasteiger partial charge < -0.3 is 10.1 Å². The summed E-state index contributed by atoms with van der Waals surface area (Å²) in [7, 11) is 1.72. The van der Waals surface area contributed by atoms with Crippen LogP contribution in [0.2, 0.25) is 0 Å². The molecule has 0 aromatic carbocycles. The Kier molecular flexibility index (Phi) is 8.53. The number of hydrogen-bond donors (Lipinski definition) is 1. The van der Waals surface area contributed by atoms with Crippen LogP contribution in [-0.2, 0) is 11.3 Å². The first-order valence-corrected chi connectivity index (χ1v) is 7.98. The predicted octanol–water partition coefficient (Wildman–Crippen LogP) is 3.03. The van der Waals surface area contributed by atoms with Crippen molar-refractivity contribution in [3.8, 4) is 0 Å². The summed E-state index contributed by atoms with van der Waals surface area (Å²) in [6.07, 6.45) is 6.96. The lowest BCUT2D eigenvalue weighted by Gasteiger charge is -2.10. The number of hydrogen-bond acceptors (Lipinski definition) is 4. The molecule has 1 aromatic rings. The van der Waals surface area contributed by atoms with Gasteiger partial charge in [0.1, 0.15) is 4.47 Å². The van der Waals surface area contributed by atoms with Gasteiger partial charge in [-0.15, -0.1) is 0 Å². The van der Waals surface area contributed by atoms with Gasteiger partial charge in [-0.3, -0.25) is 4.79 Å². The van der Waals surface area contributed by atoms with Crippen molar-refractivity contribution in [2.45, 2.75) is 45.6 Å². The molecule has 1 rings (SSSR count). The van der Waals surface area contributed by atoms with Gasteiger partial charge in [-0.2, -0.15) is 5.10 Å². The van der Waals surface area contributed by atoms with Gasteiger partial charge in [-0.1, -0.05) is 13.3 Å². The Bertz CT molecular complexity index is 449. The van der Waals surface area contributed by atoms with Crippen LogP contribution < -0.4 is 10.9 Å². The molecule has 6 heteroatoms. The van der Waals surface area contributed by atoms with Gasteiger partial charge >= 0.3 is 0 Å². The second-order valence-corrected chi connectivity index (χ2v) is 5.53. The number of halogens is 1. The van der Waals surface area contributed by atoms with E-state index in [1.165, 1.54) is 4.68 Å². The Morgan fingerprint density at radius 2 is 2.15 bits per heavy atom. The highest BCUT2D eigenvalue weighted by Gasteiger charge is 2.07. The van der Waals surface area contributed by atoms with Crippen LogP contribution >= 0.6 is 15.9 Å². The zero-order valence-corrected chi connectivity index (χ0v) is 13.9. The summed E-state index contributed by atoms with van der Waals surface area (Å²) in [6.45, 7) is 4.41. The molecule has 1 N–H and O–H groups in total. The summed E-state index contributed by atoms with van der Waals surface area (Å²) < 4.78 is 7.09. The van der Waals surface area contributed by atoms with Crippen molar-refractivity contribution < 1.29 is 4.74 Å². The summed E-state index contributed by atoms with van der Waals surface area (Å²) in [4.78, 5) is 12.1. The van der Waals surface area contributed by atoms with Crippen molar-refractivity contribution in [3.63, 3.8) is 0 Å². The standard InChI is InChI=1S/C14H24BrN3O2/c1-3-4-9-18-14(19)13(15)12(11-17-18)16-8-6-5-7-10-20-2/h11,16H,3-10H2,1-2H3. The zero-order chi connectivity index (χ0) is 14.8. The van der Waals surface area contributed by atoms with Crippen LogP contribution in [0.15, 0.2) is 15.5 Å². The Morgan fingerprint density at radius 1 is 1.35 bits per heavy atom. The van der Waals surface area contributed by atoms with Crippen LogP contribution in [0, 0.1) is 0 Å². The minimum Gasteiger partial charge on any atom is -0.385 e. The van der Waals surface area contributed by atoms with Crippen molar-refractivity contribution in [3.05, 3.63) is 21.0 Å². The van der Waals surface area contributed by atoms with Gasteiger partial charge in [0.25, 0.3) is 5.56 Å². The van der Waals surface area contributed by atoms with E-state index < -0.39 is 0 Å². The van der Waals surface area contributed by atoms with Crippen LogP contribution in [0.1, 0.15) is 39.0 Å². The SMILES string of the molecule is CCCCn1ncc(NCCCCCOC)c(Br)c1=O. The molecule has 1 heterocycles. The Hall–Kier alpha value is -0.880. The molecule has 0 bridgehead atoms. The number of nitrogens with one attached hydrogen (secondary N) is 1. The number of unbranched alkanes of at least 4 members (excludes halogenated alkanes) is 3. The highest BCUT2D eigenvalue weighted by Crippen LogP contribution is 2.16. The molecular formula is C14H24BrN3O2. The van der Waals surface area contributed by atoms with Crippen LogP contribution in [0.3, 0.4) is 0 Å². The molecule has 20 heavy (non-hydrogen) atoms. The Balaban J connectivity index is 2.47. The third kappa shape index (κ3) is 5.63. The van der Waals surface area contributed by atoms with Gasteiger partial charge in [0.15, 0.2) is 0 Å². The third-order valence-corrected chi connectivity index (χ3v) is 3.82. The third-order valence-electron chi connectivity index (χ3n) is 3.05. The van der Waals surface area contributed by atoms with E-state index in [-0.39, 0.29) is 5.56 Å². The van der Waals surface area contributed by atoms with E-state index >= 15 is 0 Å². The highest BCUT2D eigenvalue weighted by molar-refractivity contribution is 9.10. The average molecular weight is 346 g/mol. The predicted molar refractivity (Wildman–Crippen MR) is 85.3 cm³/mol. The van der Waals surface area contributed by atoms with Crippen molar-refractivity contribution in [1.82, 2.24) is 9.78 Å². The van der Waals surface area contributed by atoms with E-state index in [1.807, 2.05) is 0 Å². The maximum atomic E-state index is 12.1. The number of aromatic nitrogens is 2. The highest BCUT2D eigenvalue weighted by atomic mass is 79.9. The second-order valence-electron chi connectivity index (χ2n) is 4.73. The van der Waals surface area contributed by atoms with Gasteiger partial charge in [-0.25, -0.2) is 4.68 Å². The van der Waals surface area contributed by atoms with Crippen LogP contribution in [-0.4, -0.2) is 30.0 Å². The molecule has 0 unspecified atom stereocenters. The number of nitrogens with zero attached hydrogens (tertiary/aromatic N) is 2. The summed E-state index contributed by atoms with van der Waals surface area (Å²) in [5, 5.41) is 7.45. The number of aryl methyl sites for hydroxylation is 1. The van der Waals surface area contributed by atoms with E-state index in [9.17, 15) is 4.79 Å². The van der Waals surface area contributed by atoms with E-state index in [2.05, 4.69) is 33.3 Å². The van der Waals surface area contributed by atoms with Crippen molar-refractivity contribution >= 4 is 21.6 Å². The molecule has 0 spiro atoms. The number of ether oxygens (including phenoxy) is 1. The minimum absolute atomic E-state index is 0.0668.